The zero-order valence-corrected chi connectivity index (χ0v) is 22.4. The number of allylic oxidation sites excluding steroid dienone is 1. The summed E-state index contributed by atoms with van der Waals surface area (Å²) in [7, 11) is 1.54. The van der Waals surface area contributed by atoms with Crippen LogP contribution in [0.15, 0.2) is 72.1 Å². The maximum Gasteiger partial charge on any atom is 0.194 e. The van der Waals surface area contributed by atoms with Crippen molar-refractivity contribution in [2.45, 2.75) is 26.3 Å². The maximum atomic E-state index is 13.4. The number of ketones is 1. The molecule has 6 rings (SSSR count). The second-order valence-electron chi connectivity index (χ2n) is 10.1. The molecular formula is C32H27NO4S. The van der Waals surface area contributed by atoms with E-state index in [9.17, 15) is 9.90 Å². The van der Waals surface area contributed by atoms with Gasteiger partial charge >= 0.3 is 0 Å². The second-order valence-corrected chi connectivity index (χ2v) is 11.0. The highest BCUT2D eigenvalue weighted by atomic mass is 32.1. The van der Waals surface area contributed by atoms with E-state index in [0.717, 1.165) is 32.8 Å². The van der Waals surface area contributed by atoms with E-state index in [1.165, 1.54) is 11.3 Å². The normalized spacial score (nSPS) is 15.9. The van der Waals surface area contributed by atoms with Crippen molar-refractivity contribution in [1.82, 2.24) is 0 Å². The van der Waals surface area contributed by atoms with Crippen LogP contribution in [0.3, 0.4) is 0 Å². The zero-order chi connectivity index (χ0) is 26.6. The van der Waals surface area contributed by atoms with Gasteiger partial charge in [-0.2, -0.15) is 0 Å². The highest BCUT2D eigenvalue weighted by molar-refractivity contribution is 7.11. The molecule has 5 nitrogen and oxygen atoms in total. The maximum absolute atomic E-state index is 13.4. The van der Waals surface area contributed by atoms with Crippen molar-refractivity contribution in [2.75, 3.05) is 12.4 Å². The number of phenols is 1. The lowest BCUT2D eigenvalue weighted by atomic mass is 9.83. The summed E-state index contributed by atoms with van der Waals surface area (Å²) in [4.78, 5) is 14.2. The van der Waals surface area contributed by atoms with Gasteiger partial charge in [-0.1, -0.05) is 42.5 Å². The second kappa shape index (κ2) is 8.92. The number of carbonyl (C=O) groups excluding carboxylic acids is 1. The Morgan fingerprint density at radius 2 is 1.82 bits per heavy atom. The Bertz CT molecular complexity index is 1660. The number of hydrogen-bond donors (Lipinski definition) is 2. The van der Waals surface area contributed by atoms with Crippen LogP contribution in [0.1, 0.15) is 52.7 Å². The lowest BCUT2D eigenvalue weighted by Gasteiger charge is -2.35. The third-order valence-electron chi connectivity index (χ3n) is 6.91. The Morgan fingerprint density at radius 3 is 2.58 bits per heavy atom. The number of anilines is 1. The highest BCUT2D eigenvalue weighted by Crippen LogP contribution is 2.54. The summed E-state index contributed by atoms with van der Waals surface area (Å²) in [5, 5.41) is 16.1. The van der Waals surface area contributed by atoms with Gasteiger partial charge in [0.1, 0.15) is 11.5 Å². The van der Waals surface area contributed by atoms with Crippen molar-refractivity contribution in [3.63, 3.8) is 0 Å². The van der Waals surface area contributed by atoms with Crippen LogP contribution < -0.4 is 14.8 Å². The molecule has 6 heteroatoms. The molecule has 0 atom stereocenters. The Balaban J connectivity index is 1.59. The van der Waals surface area contributed by atoms with Crippen LogP contribution in [0.4, 0.5) is 5.69 Å². The summed E-state index contributed by atoms with van der Waals surface area (Å²) in [5.41, 5.74) is 6.69. The fraction of sp³-hybridized carbons (Fsp3) is 0.156. The number of rotatable bonds is 4. The fourth-order valence-corrected chi connectivity index (χ4v) is 6.25. The first-order chi connectivity index (χ1) is 18.3. The number of ether oxygens (including phenoxy) is 2. The zero-order valence-electron chi connectivity index (χ0n) is 21.6. The number of aromatic hydroxyl groups is 1. The van der Waals surface area contributed by atoms with Gasteiger partial charge in [0.15, 0.2) is 17.3 Å². The first kappa shape index (κ1) is 24.1. The van der Waals surface area contributed by atoms with Gasteiger partial charge < -0.3 is 19.9 Å². The van der Waals surface area contributed by atoms with E-state index < -0.39 is 0 Å². The highest BCUT2D eigenvalue weighted by Gasteiger charge is 2.33. The van der Waals surface area contributed by atoms with Gasteiger partial charge in [-0.15, -0.1) is 11.3 Å². The minimum absolute atomic E-state index is 0.0312. The molecule has 190 valence electrons. The van der Waals surface area contributed by atoms with E-state index in [-0.39, 0.29) is 17.1 Å². The van der Waals surface area contributed by atoms with Crippen LogP contribution in [-0.2, 0) is 0 Å². The SMILES string of the molecule is COc1c(O)ccc2c1-c1ccc3c(c1C(=Cc1sccc1C(=O)c1ccccc1)O2)C(C)=CC(C)(C)N3. The molecule has 0 saturated heterocycles. The lowest BCUT2D eigenvalue weighted by Crippen LogP contribution is -2.32. The van der Waals surface area contributed by atoms with Crippen LogP contribution in [0.2, 0.25) is 0 Å². The molecule has 0 fully saturated rings. The number of fused-ring (bicyclic) bond motifs is 5. The smallest absolute Gasteiger partial charge is 0.194 e. The van der Waals surface area contributed by atoms with Gasteiger partial charge in [0, 0.05) is 38.4 Å². The summed E-state index contributed by atoms with van der Waals surface area (Å²) in [5.74, 6) is 1.60. The van der Waals surface area contributed by atoms with Gasteiger partial charge in [-0.3, -0.25) is 4.79 Å². The molecule has 2 aliphatic heterocycles. The van der Waals surface area contributed by atoms with Gasteiger partial charge in [-0.05, 0) is 62.1 Å². The molecule has 0 aliphatic carbocycles. The minimum atomic E-state index is -0.207. The third-order valence-corrected chi connectivity index (χ3v) is 7.77. The van der Waals surface area contributed by atoms with Gasteiger partial charge in [0.05, 0.1) is 18.2 Å². The molecule has 2 aliphatic rings. The molecule has 0 spiro atoms. The number of thiophene rings is 1. The Labute approximate surface area is 225 Å². The van der Waals surface area contributed by atoms with E-state index in [0.29, 0.717) is 33.9 Å². The standard InChI is InChI=1S/C32H27NO4S/c1-18-17-32(2,3)33-22-11-10-21-28(27(18)22)25(37-24-13-12-23(34)31(36-4)29(21)24)16-26-20(14-15-38-26)30(35)19-8-6-5-7-9-19/h5-17,33-34H,1-4H3. The molecular weight excluding hydrogens is 494 g/mol. The predicted molar refractivity (Wildman–Crippen MR) is 154 cm³/mol. The number of methoxy groups -OCH3 is 1. The van der Waals surface area contributed by atoms with Gasteiger partial charge in [0.2, 0.25) is 0 Å². The third kappa shape index (κ3) is 3.89. The first-order valence-electron chi connectivity index (χ1n) is 12.4. The number of hydrogen-bond acceptors (Lipinski definition) is 6. The summed E-state index contributed by atoms with van der Waals surface area (Å²) in [6.07, 6.45) is 4.16. The van der Waals surface area contributed by atoms with Gasteiger partial charge in [0.25, 0.3) is 0 Å². The van der Waals surface area contributed by atoms with Crippen molar-refractivity contribution < 1.29 is 19.4 Å². The molecule has 38 heavy (non-hydrogen) atoms. The van der Waals surface area contributed by atoms with Gasteiger partial charge in [-0.25, -0.2) is 0 Å². The van der Waals surface area contributed by atoms with Crippen LogP contribution >= 0.6 is 11.3 Å². The molecule has 0 saturated carbocycles. The monoisotopic (exact) mass is 521 g/mol. The molecule has 3 heterocycles. The van der Waals surface area contributed by atoms with Crippen molar-refractivity contribution >= 4 is 40.2 Å². The summed E-state index contributed by atoms with van der Waals surface area (Å²) >= 11 is 1.50. The van der Waals surface area contributed by atoms with E-state index in [2.05, 4.69) is 38.2 Å². The van der Waals surface area contributed by atoms with Crippen LogP contribution in [0.25, 0.3) is 28.5 Å². The molecule has 0 amide bonds. The van der Waals surface area contributed by atoms with E-state index in [1.54, 1.807) is 19.2 Å². The van der Waals surface area contributed by atoms with Crippen molar-refractivity contribution in [2.24, 2.45) is 0 Å². The average molecular weight is 522 g/mol. The summed E-state index contributed by atoms with van der Waals surface area (Å²) < 4.78 is 12.2. The van der Waals surface area contributed by atoms with Crippen molar-refractivity contribution in [3.8, 4) is 28.4 Å². The Morgan fingerprint density at radius 1 is 1.03 bits per heavy atom. The topological polar surface area (TPSA) is 67.8 Å². The number of carbonyl (C=O) groups is 1. The Kier molecular flexibility index (Phi) is 5.65. The minimum Gasteiger partial charge on any atom is -0.504 e. The largest absolute Gasteiger partial charge is 0.504 e. The van der Waals surface area contributed by atoms with E-state index >= 15 is 0 Å². The number of nitrogens with one attached hydrogen (secondary N) is 1. The molecule has 4 aromatic rings. The van der Waals surface area contributed by atoms with E-state index in [4.69, 9.17) is 9.47 Å². The molecule has 0 unspecified atom stereocenters. The first-order valence-corrected chi connectivity index (χ1v) is 13.3. The molecule has 2 N–H and O–H groups in total. The van der Waals surface area contributed by atoms with Crippen LogP contribution in [0.5, 0.6) is 17.2 Å². The number of phenolic OH excluding ortho intramolecular Hbond substituents is 1. The van der Waals surface area contributed by atoms with Crippen molar-refractivity contribution in [1.29, 1.82) is 0 Å². The lowest BCUT2D eigenvalue weighted by molar-refractivity contribution is 0.103. The summed E-state index contributed by atoms with van der Waals surface area (Å²) in [6.45, 7) is 6.37. The van der Waals surface area contributed by atoms with Crippen LogP contribution in [-0.4, -0.2) is 23.5 Å². The van der Waals surface area contributed by atoms with Crippen molar-refractivity contribution in [3.05, 3.63) is 99.3 Å². The fourth-order valence-electron chi connectivity index (χ4n) is 5.43. The quantitative estimate of drug-likeness (QED) is 0.268. The predicted octanol–water partition coefficient (Wildman–Crippen LogP) is 7.86. The average Bonchev–Trinajstić information content (AvgIpc) is 3.36. The molecule has 0 radical (unpaired) electrons. The summed E-state index contributed by atoms with van der Waals surface area (Å²) in [6, 6.07) is 18.6. The Hall–Kier alpha value is -4.29. The molecule has 1 aromatic heterocycles. The molecule has 0 bridgehead atoms. The van der Waals surface area contributed by atoms with Crippen LogP contribution in [0, 0.1) is 0 Å². The molecule has 3 aromatic carbocycles. The van der Waals surface area contributed by atoms with E-state index in [1.807, 2.05) is 53.9 Å². The number of benzene rings is 3.